The quantitative estimate of drug-likeness (QED) is 0.182. The van der Waals surface area contributed by atoms with Crippen LogP contribution in [0, 0.1) is 12.3 Å². The van der Waals surface area contributed by atoms with Gasteiger partial charge in [-0.2, -0.15) is 0 Å². The minimum atomic E-state index is -0.898. The molecule has 6 rings (SSSR count). The number of aliphatic hydroxyl groups excluding tert-OH is 1. The molecule has 2 saturated heterocycles. The lowest BCUT2D eigenvalue weighted by atomic mass is 9.85. The Kier molecular flexibility index (Phi) is 11.9. The van der Waals surface area contributed by atoms with Crippen LogP contribution in [0.4, 0.5) is 11.5 Å². The van der Waals surface area contributed by atoms with Crippen molar-refractivity contribution in [2.24, 2.45) is 5.41 Å². The fourth-order valence-corrected chi connectivity index (χ4v) is 8.01. The number of carbonyl (C=O) groups excluding carboxylic acids is 3. The first kappa shape index (κ1) is 39.1. The van der Waals surface area contributed by atoms with Crippen molar-refractivity contribution in [1.82, 2.24) is 35.6 Å². The summed E-state index contributed by atoms with van der Waals surface area (Å²) in [5, 5.41) is 24.6. The molecule has 4 atom stereocenters. The summed E-state index contributed by atoms with van der Waals surface area (Å²) in [6.07, 6.45) is -0.732. The van der Waals surface area contributed by atoms with Gasteiger partial charge in [-0.1, -0.05) is 68.8 Å². The van der Waals surface area contributed by atoms with E-state index in [1.165, 1.54) is 4.90 Å². The number of nitrogen functional groups attached to an aromatic ring is 1. The van der Waals surface area contributed by atoms with Crippen LogP contribution in [0.5, 0.6) is 0 Å². The Morgan fingerprint density at radius 2 is 1.67 bits per heavy atom. The van der Waals surface area contributed by atoms with Gasteiger partial charge in [0.1, 0.15) is 12.1 Å². The number of rotatable bonds is 10. The molecule has 2 unspecified atom stereocenters. The molecule has 0 bridgehead atoms. The Morgan fingerprint density at radius 3 is 2.30 bits per heavy atom. The number of halogens is 1. The molecule has 13 nitrogen and oxygen atoms in total. The van der Waals surface area contributed by atoms with Gasteiger partial charge >= 0.3 is 0 Å². The number of thiazole rings is 1. The van der Waals surface area contributed by atoms with E-state index in [2.05, 4.69) is 35.6 Å². The van der Waals surface area contributed by atoms with E-state index in [9.17, 15) is 19.5 Å². The molecule has 2 aromatic carbocycles. The molecule has 0 aliphatic carbocycles. The fraction of sp³-hybridized carbons (Fsp3) is 0.436. The highest BCUT2D eigenvalue weighted by Crippen LogP contribution is 2.31. The number of amides is 3. The minimum absolute atomic E-state index is 0.0141. The molecular formula is C39H48ClN9O4S. The summed E-state index contributed by atoms with van der Waals surface area (Å²) in [6, 6.07) is 15.6. The zero-order valence-electron chi connectivity index (χ0n) is 31.3. The third kappa shape index (κ3) is 9.00. The molecule has 0 saturated carbocycles. The molecule has 15 heteroatoms. The largest absolute Gasteiger partial charge is 0.391 e. The average molecular weight is 774 g/mol. The smallest absolute Gasteiger partial charge is 0.246 e. The normalized spacial score (nSPS) is 19.0. The summed E-state index contributed by atoms with van der Waals surface area (Å²) in [7, 11) is 0. The van der Waals surface area contributed by atoms with Crippen LogP contribution in [-0.4, -0.2) is 105 Å². The highest BCUT2D eigenvalue weighted by Gasteiger charge is 2.44. The van der Waals surface area contributed by atoms with Gasteiger partial charge in [-0.05, 0) is 54.2 Å². The van der Waals surface area contributed by atoms with Gasteiger partial charge in [0.2, 0.25) is 17.7 Å². The maximum Gasteiger partial charge on any atom is 0.246 e. The first-order chi connectivity index (χ1) is 25.7. The van der Waals surface area contributed by atoms with E-state index in [1.54, 1.807) is 17.4 Å². The zero-order valence-corrected chi connectivity index (χ0v) is 32.8. The number of hydrogen-bond donors (Lipinski definition) is 4. The second kappa shape index (κ2) is 16.4. The molecule has 286 valence electrons. The molecule has 4 aromatic rings. The third-order valence-corrected chi connectivity index (χ3v) is 11.3. The molecular weight excluding hydrogens is 726 g/mol. The molecule has 0 spiro atoms. The maximum atomic E-state index is 14.1. The summed E-state index contributed by atoms with van der Waals surface area (Å²) in [6.45, 7) is 12.4. The van der Waals surface area contributed by atoms with Crippen molar-refractivity contribution in [3.63, 3.8) is 0 Å². The van der Waals surface area contributed by atoms with Gasteiger partial charge in [0, 0.05) is 50.4 Å². The average Bonchev–Trinajstić information content (AvgIpc) is 3.76. The highest BCUT2D eigenvalue weighted by molar-refractivity contribution is 7.13. The van der Waals surface area contributed by atoms with E-state index in [0.29, 0.717) is 18.9 Å². The lowest BCUT2D eigenvalue weighted by Crippen LogP contribution is -2.59. The molecule has 2 aliphatic rings. The number of hydrogen-bond acceptors (Lipinski definition) is 11. The van der Waals surface area contributed by atoms with Gasteiger partial charge in [-0.25, -0.2) is 4.98 Å². The summed E-state index contributed by atoms with van der Waals surface area (Å²) in [4.78, 5) is 52.4. The number of benzene rings is 2. The Labute approximate surface area is 324 Å². The molecule has 0 radical (unpaired) electrons. The number of nitrogens with two attached hydrogens (primary N) is 1. The number of carbonyl (C=O) groups is 3. The van der Waals surface area contributed by atoms with E-state index in [1.807, 2.05) is 88.7 Å². The maximum absolute atomic E-state index is 14.1. The van der Waals surface area contributed by atoms with Gasteiger partial charge < -0.3 is 31.3 Å². The van der Waals surface area contributed by atoms with Crippen LogP contribution in [-0.2, 0) is 14.4 Å². The van der Waals surface area contributed by atoms with Crippen LogP contribution in [0.3, 0.4) is 0 Å². The number of nitrogens with one attached hydrogen (secondary N) is 2. The van der Waals surface area contributed by atoms with Crippen molar-refractivity contribution in [3.8, 4) is 21.6 Å². The SMILES string of the molecule is Cc1ncsc1-c1ccc(C(C)NC(=O)[C@@H]2C[C@@H](O)CN2C(=O)C(NC(=O)CN2CCN(c3ccc(-c4cc(Cl)nnc4N)cc3)CC2)C(C)(C)C)cc1. The number of likely N-dealkylation sites (tertiary alicyclic amines) is 1. The number of aliphatic hydroxyl groups is 1. The van der Waals surface area contributed by atoms with Crippen LogP contribution in [0.15, 0.2) is 60.1 Å². The molecule has 2 aliphatic heterocycles. The lowest BCUT2D eigenvalue weighted by Gasteiger charge is -2.37. The number of nitrogens with zero attached hydrogens (tertiary/aromatic N) is 6. The number of aryl methyl sites for hydroxylation is 1. The second-order valence-electron chi connectivity index (χ2n) is 15.2. The van der Waals surface area contributed by atoms with Crippen molar-refractivity contribution >= 4 is 52.2 Å². The van der Waals surface area contributed by atoms with Gasteiger partial charge in [0.15, 0.2) is 11.0 Å². The van der Waals surface area contributed by atoms with Crippen LogP contribution < -0.4 is 21.3 Å². The lowest BCUT2D eigenvalue weighted by molar-refractivity contribution is -0.144. The monoisotopic (exact) mass is 773 g/mol. The van der Waals surface area contributed by atoms with Gasteiger partial charge in [-0.3, -0.25) is 19.3 Å². The van der Waals surface area contributed by atoms with E-state index >= 15 is 0 Å². The van der Waals surface area contributed by atoms with Crippen molar-refractivity contribution in [3.05, 3.63) is 76.5 Å². The molecule has 2 fully saturated rings. The van der Waals surface area contributed by atoms with Gasteiger partial charge in [0.25, 0.3) is 0 Å². The number of anilines is 2. The first-order valence-electron chi connectivity index (χ1n) is 18.1. The number of aromatic nitrogens is 3. The molecule has 54 heavy (non-hydrogen) atoms. The Morgan fingerprint density at radius 1 is 1.00 bits per heavy atom. The number of β-amino-alcohol motifs (C(OH)–C–C–N with tert-alkyl or cyclic N) is 1. The molecule has 2 aromatic heterocycles. The van der Waals surface area contributed by atoms with Crippen molar-refractivity contribution in [2.45, 2.75) is 65.3 Å². The van der Waals surface area contributed by atoms with E-state index in [4.69, 9.17) is 17.3 Å². The summed E-state index contributed by atoms with van der Waals surface area (Å²) < 4.78 is 0. The summed E-state index contributed by atoms with van der Waals surface area (Å²) in [5.41, 5.74) is 12.8. The fourth-order valence-electron chi connectivity index (χ4n) is 7.05. The highest BCUT2D eigenvalue weighted by atomic mass is 35.5. The Balaban J connectivity index is 1.03. The summed E-state index contributed by atoms with van der Waals surface area (Å²) in [5.74, 6) is -0.688. The van der Waals surface area contributed by atoms with Crippen LogP contribution in [0.25, 0.3) is 21.6 Å². The predicted molar refractivity (Wildman–Crippen MR) is 212 cm³/mol. The molecule has 3 amide bonds. The van der Waals surface area contributed by atoms with E-state index < -0.39 is 23.6 Å². The molecule has 5 N–H and O–H groups in total. The first-order valence-corrected chi connectivity index (χ1v) is 19.4. The standard InChI is InChI=1S/C39H48ClN9O4S/c1-23(25-6-8-27(9-7-25)34-24(2)42-22-54-34)43-37(52)31-18-29(50)20-49(31)38(53)35(39(3,4)5)44-33(51)21-47-14-16-48(17-15-47)28-12-10-26(11-13-28)30-19-32(40)45-46-36(30)41/h6-13,19,22-23,29,31,35,50H,14-18,20-21H2,1-5H3,(H2,41,46)(H,43,52)(H,44,51)/t23?,29-,31+,35?/m1/s1. The predicted octanol–water partition coefficient (Wildman–Crippen LogP) is 4.30. The van der Waals surface area contributed by atoms with Crippen LogP contribution in [0.1, 0.15) is 51.4 Å². The Hall–Kier alpha value is -4.63. The van der Waals surface area contributed by atoms with Crippen molar-refractivity contribution in [2.75, 3.05) is 49.9 Å². The molecule has 4 heterocycles. The Bertz CT molecular complexity index is 1960. The minimum Gasteiger partial charge on any atom is -0.391 e. The van der Waals surface area contributed by atoms with Crippen molar-refractivity contribution in [1.29, 1.82) is 0 Å². The summed E-state index contributed by atoms with van der Waals surface area (Å²) >= 11 is 7.60. The van der Waals surface area contributed by atoms with Crippen LogP contribution in [0.2, 0.25) is 5.15 Å². The topological polar surface area (TPSA) is 170 Å². The van der Waals surface area contributed by atoms with Crippen molar-refractivity contribution < 1.29 is 19.5 Å². The number of piperazine rings is 1. The second-order valence-corrected chi connectivity index (χ2v) is 16.4. The third-order valence-electron chi connectivity index (χ3n) is 10.1. The van der Waals surface area contributed by atoms with Crippen LogP contribution >= 0.6 is 22.9 Å². The van der Waals surface area contributed by atoms with E-state index in [0.717, 1.165) is 51.6 Å². The zero-order chi connectivity index (χ0) is 38.7. The van der Waals surface area contributed by atoms with E-state index in [-0.39, 0.29) is 48.4 Å². The van der Waals surface area contributed by atoms with Gasteiger partial charge in [0.05, 0.1) is 34.8 Å². The van der Waals surface area contributed by atoms with Gasteiger partial charge in [-0.15, -0.1) is 21.5 Å².